The van der Waals surface area contributed by atoms with Crippen LogP contribution in [0.5, 0.6) is 0 Å². The Kier molecular flexibility index (Phi) is 12.8. The van der Waals surface area contributed by atoms with Gasteiger partial charge in [0.1, 0.15) is 5.54 Å². The lowest BCUT2D eigenvalue weighted by Crippen LogP contribution is -2.48. The number of esters is 1. The van der Waals surface area contributed by atoms with Crippen molar-refractivity contribution in [3.63, 3.8) is 0 Å². The number of hydrogen-bond acceptors (Lipinski definition) is 3. The maximum atomic E-state index is 12.0. The maximum Gasteiger partial charge on any atom is 0.325 e. The van der Waals surface area contributed by atoms with Crippen molar-refractivity contribution >= 4 is 5.97 Å². The molecule has 0 amide bonds. The van der Waals surface area contributed by atoms with Crippen molar-refractivity contribution in [3.05, 3.63) is 0 Å². The molecule has 0 fully saturated rings. The summed E-state index contributed by atoms with van der Waals surface area (Å²) in [5, 5.41) is 3.33. The molecule has 21 heavy (non-hydrogen) atoms. The fraction of sp³-hybridized carbons (Fsp3) is 0.944. The summed E-state index contributed by atoms with van der Waals surface area (Å²) in [6, 6.07) is 0. The minimum Gasteiger partial charge on any atom is -0.464 e. The molecule has 0 saturated heterocycles. The highest BCUT2D eigenvalue weighted by Crippen LogP contribution is 2.09. The van der Waals surface area contributed by atoms with Gasteiger partial charge in [-0.05, 0) is 33.2 Å². The molecule has 0 aliphatic rings. The third-order valence-electron chi connectivity index (χ3n) is 3.84. The van der Waals surface area contributed by atoms with Crippen LogP contribution in [0.4, 0.5) is 0 Å². The second-order valence-corrected chi connectivity index (χ2v) is 6.52. The quantitative estimate of drug-likeness (QED) is 0.368. The normalized spacial score (nSPS) is 11.6. The first kappa shape index (κ1) is 20.4. The number of nitrogens with one attached hydrogen (secondary N) is 1. The number of carbonyl (C=O) groups excluding carboxylic acids is 1. The van der Waals surface area contributed by atoms with Crippen molar-refractivity contribution in [2.45, 2.75) is 97.4 Å². The molecule has 0 aromatic heterocycles. The van der Waals surface area contributed by atoms with Crippen molar-refractivity contribution in [3.8, 4) is 0 Å². The smallest absolute Gasteiger partial charge is 0.325 e. The lowest BCUT2D eigenvalue weighted by Gasteiger charge is -2.24. The Hall–Kier alpha value is -0.570. The van der Waals surface area contributed by atoms with E-state index in [9.17, 15) is 4.79 Å². The van der Waals surface area contributed by atoms with E-state index < -0.39 is 5.54 Å². The van der Waals surface area contributed by atoms with Gasteiger partial charge in [0.15, 0.2) is 0 Å². The molecule has 0 heterocycles. The summed E-state index contributed by atoms with van der Waals surface area (Å²) >= 11 is 0. The molecule has 1 N–H and O–H groups in total. The minimum absolute atomic E-state index is 0.120. The van der Waals surface area contributed by atoms with Crippen molar-refractivity contribution in [2.24, 2.45) is 0 Å². The van der Waals surface area contributed by atoms with Crippen molar-refractivity contribution in [1.29, 1.82) is 0 Å². The summed E-state index contributed by atoms with van der Waals surface area (Å²) in [5.74, 6) is -0.120. The molecule has 0 radical (unpaired) electrons. The van der Waals surface area contributed by atoms with Gasteiger partial charge in [-0.3, -0.25) is 4.79 Å². The minimum atomic E-state index is -0.561. The zero-order chi connectivity index (χ0) is 16.0. The molecule has 126 valence electrons. The van der Waals surface area contributed by atoms with E-state index in [4.69, 9.17) is 4.74 Å². The molecule has 0 rings (SSSR count). The van der Waals surface area contributed by atoms with Gasteiger partial charge in [0.25, 0.3) is 0 Å². The standard InChI is InChI=1S/C18H37NO2/c1-5-7-9-11-12-13-15-19-18(3,4)17(20)21-16-14-10-8-6-2/h19H,5-16H2,1-4H3. The molecule has 0 aromatic carbocycles. The first-order valence-corrected chi connectivity index (χ1v) is 8.96. The highest BCUT2D eigenvalue weighted by molar-refractivity contribution is 5.79. The first-order chi connectivity index (χ1) is 10.0. The van der Waals surface area contributed by atoms with Gasteiger partial charge in [0, 0.05) is 0 Å². The van der Waals surface area contributed by atoms with Gasteiger partial charge in [-0.2, -0.15) is 0 Å². The van der Waals surface area contributed by atoms with Crippen molar-refractivity contribution < 1.29 is 9.53 Å². The van der Waals surface area contributed by atoms with E-state index in [-0.39, 0.29) is 5.97 Å². The van der Waals surface area contributed by atoms with E-state index >= 15 is 0 Å². The largest absolute Gasteiger partial charge is 0.464 e. The lowest BCUT2D eigenvalue weighted by molar-refractivity contribution is -0.150. The first-order valence-electron chi connectivity index (χ1n) is 8.96. The van der Waals surface area contributed by atoms with Crippen molar-refractivity contribution in [1.82, 2.24) is 5.32 Å². The summed E-state index contributed by atoms with van der Waals surface area (Å²) in [6.45, 7) is 9.70. The van der Waals surface area contributed by atoms with Crippen LogP contribution in [0.1, 0.15) is 91.9 Å². The molecule has 0 saturated carbocycles. The monoisotopic (exact) mass is 299 g/mol. The van der Waals surface area contributed by atoms with E-state index in [0.29, 0.717) is 6.61 Å². The zero-order valence-electron chi connectivity index (χ0n) is 14.8. The van der Waals surface area contributed by atoms with Crippen LogP contribution in [0.2, 0.25) is 0 Å². The second kappa shape index (κ2) is 13.1. The van der Waals surface area contributed by atoms with E-state index in [1.807, 2.05) is 13.8 Å². The molecule has 0 unspecified atom stereocenters. The van der Waals surface area contributed by atoms with Gasteiger partial charge in [0.2, 0.25) is 0 Å². The summed E-state index contributed by atoms with van der Waals surface area (Å²) in [4.78, 5) is 12.0. The second-order valence-electron chi connectivity index (χ2n) is 6.52. The summed E-state index contributed by atoms with van der Waals surface area (Å²) in [7, 11) is 0. The van der Waals surface area contributed by atoms with E-state index in [0.717, 1.165) is 25.8 Å². The van der Waals surface area contributed by atoms with Crippen LogP contribution in [0, 0.1) is 0 Å². The van der Waals surface area contributed by atoms with Crippen LogP contribution >= 0.6 is 0 Å². The zero-order valence-corrected chi connectivity index (χ0v) is 14.8. The summed E-state index contributed by atoms with van der Waals surface area (Å²) < 4.78 is 5.36. The SMILES string of the molecule is CCCCCCCCNC(C)(C)C(=O)OCCCCCC. The van der Waals surface area contributed by atoms with Gasteiger partial charge >= 0.3 is 5.97 Å². The Morgan fingerprint density at radius 1 is 0.857 bits per heavy atom. The fourth-order valence-electron chi connectivity index (χ4n) is 2.25. The Balaban J connectivity index is 3.63. The van der Waals surface area contributed by atoms with Crippen LogP contribution in [-0.2, 0) is 9.53 Å². The number of carbonyl (C=O) groups is 1. The third-order valence-corrected chi connectivity index (χ3v) is 3.84. The van der Waals surface area contributed by atoms with Gasteiger partial charge < -0.3 is 10.1 Å². The Bertz CT molecular complexity index is 252. The summed E-state index contributed by atoms with van der Waals surface area (Å²) in [6.07, 6.45) is 12.2. The van der Waals surface area contributed by atoms with Crippen molar-refractivity contribution in [2.75, 3.05) is 13.2 Å². The molecule has 0 aromatic rings. The molecular weight excluding hydrogens is 262 g/mol. The van der Waals surface area contributed by atoms with Crippen LogP contribution in [0.3, 0.4) is 0 Å². The molecule has 0 aliphatic carbocycles. The van der Waals surface area contributed by atoms with Gasteiger partial charge in [-0.1, -0.05) is 65.2 Å². The highest BCUT2D eigenvalue weighted by atomic mass is 16.5. The Morgan fingerprint density at radius 2 is 1.38 bits per heavy atom. The maximum absolute atomic E-state index is 12.0. The topological polar surface area (TPSA) is 38.3 Å². The molecule has 0 aliphatic heterocycles. The van der Waals surface area contributed by atoms with Gasteiger partial charge in [0.05, 0.1) is 6.61 Å². The molecule has 0 spiro atoms. The molecule has 0 atom stereocenters. The molecule has 0 bridgehead atoms. The number of rotatable bonds is 14. The predicted molar refractivity (Wildman–Crippen MR) is 90.6 cm³/mol. The Morgan fingerprint density at radius 3 is 2.00 bits per heavy atom. The van der Waals surface area contributed by atoms with E-state index in [2.05, 4.69) is 19.2 Å². The van der Waals surface area contributed by atoms with Gasteiger partial charge in [-0.25, -0.2) is 0 Å². The van der Waals surface area contributed by atoms with Gasteiger partial charge in [-0.15, -0.1) is 0 Å². The average Bonchev–Trinajstić information content (AvgIpc) is 2.45. The molecule has 3 nitrogen and oxygen atoms in total. The Labute approximate surface area is 132 Å². The molecule has 3 heteroatoms. The van der Waals surface area contributed by atoms with E-state index in [1.54, 1.807) is 0 Å². The molecular formula is C18H37NO2. The van der Waals surface area contributed by atoms with E-state index in [1.165, 1.54) is 44.9 Å². The number of ether oxygens (including phenoxy) is 1. The van der Waals surface area contributed by atoms with Crippen LogP contribution in [0.25, 0.3) is 0 Å². The predicted octanol–water partition coefficient (Wildman–Crippen LogP) is 4.84. The third kappa shape index (κ3) is 11.7. The van der Waals surface area contributed by atoms with Crippen LogP contribution in [-0.4, -0.2) is 24.7 Å². The van der Waals surface area contributed by atoms with Crippen LogP contribution in [0.15, 0.2) is 0 Å². The fourth-order valence-corrected chi connectivity index (χ4v) is 2.25. The number of hydrogen-bond donors (Lipinski definition) is 1. The average molecular weight is 299 g/mol. The number of unbranched alkanes of at least 4 members (excludes halogenated alkanes) is 8. The highest BCUT2D eigenvalue weighted by Gasteiger charge is 2.28. The van der Waals surface area contributed by atoms with Crippen LogP contribution < -0.4 is 5.32 Å². The lowest BCUT2D eigenvalue weighted by atomic mass is 10.1. The summed E-state index contributed by atoms with van der Waals surface area (Å²) in [5.41, 5.74) is -0.561.